The predicted molar refractivity (Wildman–Crippen MR) is 90.3 cm³/mol. The third-order valence-electron chi connectivity index (χ3n) is 3.42. The maximum atomic E-state index is 12.2. The monoisotopic (exact) mass is 314 g/mol. The van der Waals surface area contributed by atoms with E-state index in [1.165, 1.54) is 0 Å². The number of aromatic nitrogens is 2. The Morgan fingerprint density at radius 2 is 1.96 bits per heavy atom. The summed E-state index contributed by atoms with van der Waals surface area (Å²) in [5, 5.41) is 6.08. The van der Waals surface area contributed by atoms with Gasteiger partial charge in [-0.25, -0.2) is 9.97 Å². The minimum Gasteiger partial charge on any atom is -0.497 e. The van der Waals surface area contributed by atoms with Gasteiger partial charge >= 0.3 is 0 Å². The molecule has 0 saturated carbocycles. The van der Waals surface area contributed by atoms with Gasteiger partial charge in [0.05, 0.1) is 7.11 Å². The first-order valence-corrected chi connectivity index (χ1v) is 7.59. The average Bonchev–Trinajstić information content (AvgIpc) is 2.54. The molecule has 0 aliphatic heterocycles. The fourth-order valence-electron chi connectivity index (χ4n) is 1.97. The molecular weight excluding hydrogens is 292 g/mol. The van der Waals surface area contributed by atoms with Crippen molar-refractivity contribution in [1.82, 2.24) is 15.3 Å². The first-order valence-electron chi connectivity index (χ1n) is 7.59. The Bertz CT molecular complexity index is 671. The summed E-state index contributed by atoms with van der Waals surface area (Å²) in [5.74, 6) is 1.71. The van der Waals surface area contributed by atoms with Gasteiger partial charge in [0.15, 0.2) is 0 Å². The number of ether oxygens (including phenoxy) is 1. The van der Waals surface area contributed by atoms with Crippen LogP contribution >= 0.6 is 0 Å². The van der Waals surface area contributed by atoms with Gasteiger partial charge in [-0.15, -0.1) is 0 Å². The van der Waals surface area contributed by atoms with Crippen molar-refractivity contribution < 1.29 is 9.53 Å². The molecule has 2 aromatic rings. The first kappa shape index (κ1) is 16.7. The molecule has 23 heavy (non-hydrogen) atoms. The molecule has 2 rings (SSSR count). The fraction of sp³-hybridized carbons (Fsp3) is 0.353. The van der Waals surface area contributed by atoms with Crippen LogP contribution in [0.2, 0.25) is 0 Å². The van der Waals surface area contributed by atoms with Crippen LogP contribution in [-0.4, -0.2) is 29.0 Å². The van der Waals surface area contributed by atoms with Crippen LogP contribution in [0.5, 0.6) is 5.75 Å². The van der Waals surface area contributed by atoms with E-state index >= 15 is 0 Å². The highest BCUT2D eigenvalue weighted by atomic mass is 16.5. The second-order valence-electron chi connectivity index (χ2n) is 5.32. The fourth-order valence-corrected chi connectivity index (χ4v) is 1.97. The molecule has 1 aromatic carbocycles. The number of hydrogen-bond acceptors (Lipinski definition) is 5. The van der Waals surface area contributed by atoms with Gasteiger partial charge in [0.2, 0.25) is 0 Å². The number of nitrogens with one attached hydrogen (secondary N) is 2. The maximum Gasteiger partial charge on any atom is 0.270 e. The molecule has 0 radical (unpaired) electrons. The Kier molecular flexibility index (Phi) is 5.51. The topological polar surface area (TPSA) is 76.1 Å². The van der Waals surface area contributed by atoms with Crippen molar-refractivity contribution in [2.75, 3.05) is 12.4 Å². The van der Waals surface area contributed by atoms with Gasteiger partial charge in [-0.2, -0.15) is 0 Å². The summed E-state index contributed by atoms with van der Waals surface area (Å²) in [6.45, 7) is 5.74. The van der Waals surface area contributed by atoms with Crippen LogP contribution in [0.1, 0.15) is 36.6 Å². The van der Waals surface area contributed by atoms with Gasteiger partial charge in [-0.3, -0.25) is 4.79 Å². The van der Waals surface area contributed by atoms with Gasteiger partial charge < -0.3 is 15.4 Å². The van der Waals surface area contributed by atoms with E-state index < -0.39 is 0 Å². The number of carbonyl (C=O) groups excluding carboxylic acids is 1. The standard InChI is InChI=1S/C17H22N4O2/c1-5-11(2)18-17(22)15-10-16(20-12(3)19-15)21-13-6-8-14(23-4)9-7-13/h6-11H,5H2,1-4H3,(H,18,22)(H,19,20,21). The van der Waals surface area contributed by atoms with E-state index in [-0.39, 0.29) is 11.9 Å². The van der Waals surface area contributed by atoms with Crippen LogP contribution in [0.15, 0.2) is 30.3 Å². The zero-order valence-corrected chi connectivity index (χ0v) is 13.9. The Morgan fingerprint density at radius 3 is 2.57 bits per heavy atom. The molecule has 1 aromatic heterocycles. The Labute approximate surface area is 136 Å². The summed E-state index contributed by atoms with van der Waals surface area (Å²) in [5.41, 5.74) is 1.21. The lowest BCUT2D eigenvalue weighted by Crippen LogP contribution is -2.32. The summed E-state index contributed by atoms with van der Waals surface area (Å²) >= 11 is 0. The lowest BCUT2D eigenvalue weighted by atomic mass is 10.2. The summed E-state index contributed by atoms with van der Waals surface area (Å²) in [7, 11) is 1.62. The summed E-state index contributed by atoms with van der Waals surface area (Å²) in [6.07, 6.45) is 0.868. The summed E-state index contributed by atoms with van der Waals surface area (Å²) in [4.78, 5) is 20.7. The van der Waals surface area contributed by atoms with Gasteiger partial charge in [0, 0.05) is 17.8 Å². The van der Waals surface area contributed by atoms with Gasteiger partial charge in [-0.1, -0.05) is 6.92 Å². The van der Waals surface area contributed by atoms with Crippen molar-refractivity contribution in [3.05, 3.63) is 41.9 Å². The van der Waals surface area contributed by atoms with Crippen molar-refractivity contribution in [3.8, 4) is 5.75 Å². The van der Waals surface area contributed by atoms with Crippen molar-refractivity contribution in [2.45, 2.75) is 33.2 Å². The van der Waals surface area contributed by atoms with Crippen molar-refractivity contribution in [3.63, 3.8) is 0 Å². The third-order valence-corrected chi connectivity index (χ3v) is 3.42. The van der Waals surface area contributed by atoms with Crippen molar-refractivity contribution in [2.24, 2.45) is 0 Å². The number of hydrogen-bond donors (Lipinski definition) is 2. The van der Waals surface area contributed by atoms with E-state index in [9.17, 15) is 4.79 Å². The Hall–Kier alpha value is -2.63. The van der Waals surface area contributed by atoms with Gasteiger partial charge in [0.1, 0.15) is 23.1 Å². The van der Waals surface area contributed by atoms with E-state index in [4.69, 9.17) is 4.74 Å². The Morgan fingerprint density at radius 1 is 1.26 bits per heavy atom. The van der Waals surface area contributed by atoms with Crippen LogP contribution in [-0.2, 0) is 0 Å². The predicted octanol–water partition coefficient (Wildman–Crippen LogP) is 3.07. The second-order valence-corrected chi connectivity index (χ2v) is 5.32. The van der Waals surface area contributed by atoms with E-state index in [2.05, 4.69) is 20.6 Å². The molecule has 0 bridgehead atoms. The molecule has 0 fully saturated rings. The molecule has 6 heteroatoms. The quantitative estimate of drug-likeness (QED) is 0.857. The number of carbonyl (C=O) groups is 1. The molecule has 2 N–H and O–H groups in total. The smallest absolute Gasteiger partial charge is 0.270 e. The highest BCUT2D eigenvalue weighted by Crippen LogP contribution is 2.19. The highest BCUT2D eigenvalue weighted by Gasteiger charge is 2.12. The van der Waals surface area contributed by atoms with Crippen LogP contribution in [0.4, 0.5) is 11.5 Å². The zero-order chi connectivity index (χ0) is 16.8. The maximum absolute atomic E-state index is 12.2. The molecule has 0 aliphatic rings. The van der Waals surface area contributed by atoms with Crippen LogP contribution < -0.4 is 15.4 Å². The minimum atomic E-state index is -0.192. The Balaban J connectivity index is 2.17. The van der Waals surface area contributed by atoms with Gasteiger partial charge in [0.25, 0.3) is 5.91 Å². The zero-order valence-electron chi connectivity index (χ0n) is 13.9. The number of nitrogens with zero attached hydrogens (tertiary/aromatic N) is 2. The lowest BCUT2D eigenvalue weighted by Gasteiger charge is -2.12. The molecule has 1 atom stereocenters. The number of anilines is 2. The van der Waals surface area contributed by atoms with E-state index in [0.717, 1.165) is 17.9 Å². The number of amides is 1. The number of aryl methyl sites for hydroxylation is 1. The summed E-state index contributed by atoms with van der Waals surface area (Å²) in [6, 6.07) is 9.23. The second kappa shape index (κ2) is 7.58. The lowest BCUT2D eigenvalue weighted by molar-refractivity contribution is 0.0934. The molecule has 0 aliphatic carbocycles. The summed E-state index contributed by atoms with van der Waals surface area (Å²) < 4.78 is 5.13. The minimum absolute atomic E-state index is 0.107. The molecule has 1 unspecified atom stereocenters. The SMILES string of the molecule is CCC(C)NC(=O)c1cc(Nc2ccc(OC)cc2)nc(C)n1. The van der Waals surface area contributed by atoms with Crippen LogP contribution in [0.3, 0.4) is 0 Å². The van der Waals surface area contributed by atoms with Crippen molar-refractivity contribution >= 4 is 17.4 Å². The van der Waals surface area contributed by atoms with Crippen molar-refractivity contribution in [1.29, 1.82) is 0 Å². The molecule has 0 spiro atoms. The van der Waals surface area contributed by atoms with Gasteiger partial charge in [-0.05, 0) is 44.5 Å². The van der Waals surface area contributed by atoms with Crippen LogP contribution in [0, 0.1) is 6.92 Å². The molecule has 1 heterocycles. The van der Waals surface area contributed by atoms with Crippen LogP contribution in [0.25, 0.3) is 0 Å². The molecule has 0 saturated heterocycles. The average molecular weight is 314 g/mol. The molecular formula is C17H22N4O2. The number of methoxy groups -OCH3 is 1. The molecule has 1 amide bonds. The third kappa shape index (κ3) is 4.67. The number of rotatable bonds is 6. The van der Waals surface area contributed by atoms with E-state index in [1.54, 1.807) is 20.1 Å². The largest absolute Gasteiger partial charge is 0.497 e. The first-order chi connectivity index (χ1) is 11.0. The highest BCUT2D eigenvalue weighted by molar-refractivity contribution is 5.93. The molecule has 122 valence electrons. The normalized spacial score (nSPS) is 11.7. The number of benzene rings is 1. The van der Waals surface area contributed by atoms with E-state index in [1.807, 2.05) is 38.1 Å². The van der Waals surface area contributed by atoms with E-state index in [0.29, 0.717) is 17.3 Å². The molecule has 6 nitrogen and oxygen atoms in total.